The highest BCUT2D eigenvalue weighted by Crippen LogP contribution is 2.41. The zero-order valence-electron chi connectivity index (χ0n) is 29.1. The summed E-state index contributed by atoms with van der Waals surface area (Å²) in [4.78, 5) is 60.0. The predicted octanol–water partition coefficient (Wildman–Crippen LogP) is 3.78. The molecule has 4 amide bonds. The van der Waals surface area contributed by atoms with Crippen LogP contribution in [0, 0.1) is 5.82 Å². The second kappa shape index (κ2) is 14.6. The number of carbonyl (C=O) groups excluding carboxylic acids is 4. The van der Waals surface area contributed by atoms with E-state index in [0.717, 1.165) is 42.8 Å². The lowest BCUT2D eigenvalue weighted by Crippen LogP contribution is -2.67. The summed E-state index contributed by atoms with van der Waals surface area (Å²) >= 11 is 0. The van der Waals surface area contributed by atoms with Gasteiger partial charge in [0.25, 0.3) is 0 Å². The Morgan fingerprint density at radius 1 is 0.918 bits per heavy atom. The van der Waals surface area contributed by atoms with Crippen molar-refractivity contribution in [3.05, 3.63) is 83.3 Å². The first-order valence-electron chi connectivity index (χ1n) is 16.9. The number of nitrogens with zero attached hydrogens (tertiary/aromatic N) is 3. The van der Waals surface area contributed by atoms with E-state index in [1.165, 1.54) is 26.0 Å². The lowest BCUT2D eigenvalue weighted by atomic mass is 9.84. The summed E-state index contributed by atoms with van der Waals surface area (Å²) in [6.07, 6.45) is 3.32. The van der Waals surface area contributed by atoms with Crippen molar-refractivity contribution in [2.75, 3.05) is 39.3 Å². The van der Waals surface area contributed by atoms with Crippen LogP contribution in [0.3, 0.4) is 0 Å². The summed E-state index contributed by atoms with van der Waals surface area (Å²) in [7, 11) is 0. The average molecular weight is 678 g/mol. The van der Waals surface area contributed by atoms with E-state index in [-0.39, 0.29) is 50.5 Å². The van der Waals surface area contributed by atoms with Crippen molar-refractivity contribution in [3.8, 4) is 0 Å². The Bertz CT molecular complexity index is 1550. The van der Waals surface area contributed by atoms with E-state index >= 15 is 0 Å². The van der Waals surface area contributed by atoms with Crippen LogP contribution >= 0.6 is 0 Å². The highest BCUT2D eigenvalue weighted by Gasteiger charge is 2.54. The van der Waals surface area contributed by atoms with Crippen LogP contribution in [0.5, 0.6) is 0 Å². The molecular weight excluding hydrogens is 629 g/mol. The van der Waals surface area contributed by atoms with E-state index in [1.54, 1.807) is 43.9 Å². The van der Waals surface area contributed by atoms with Gasteiger partial charge in [0.15, 0.2) is 0 Å². The standard InChI is InChI=1S/C37H48FN5O6/c1-35(2,3)49-34(47)40-36(4,5)33(46)39-29(24-48-23-27-11-7-6-8-12-27)32(45)42-19-20-43-31(44)21-30(41-17-9-10-18-41)37(43,25-42)22-26-13-15-28(38)16-14-26/h6-8,11-16,21,29H,9-10,17-20,22-25H2,1-5H3,(H,39,46)(H,40,47)/t29-,37+/m1/s1. The average Bonchev–Trinajstić information content (AvgIpc) is 3.66. The number of hydrogen-bond donors (Lipinski definition) is 2. The molecule has 2 aromatic carbocycles. The maximum atomic E-state index is 14.5. The van der Waals surface area contributed by atoms with Gasteiger partial charge in [-0.15, -0.1) is 0 Å². The molecule has 11 nitrogen and oxygen atoms in total. The van der Waals surface area contributed by atoms with E-state index in [4.69, 9.17) is 9.47 Å². The Kier molecular flexibility index (Phi) is 10.7. The third-order valence-electron chi connectivity index (χ3n) is 9.11. The van der Waals surface area contributed by atoms with Gasteiger partial charge in [-0.1, -0.05) is 42.5 Å². The van der Waals surface area contributed by atoms with Crippen molar-refractivity contribution >= 4 is 23.8 Å². The van der Waals surface area contributed by atoms with Crippen LogP contribution in [0.15, 0.2) is 66.4 Å². The molecule has 264 valence electrons. The van der Waals surface area contributed by atoms with Gasteiger partial charge in [0, 0.05) is 44.4 Å². The first kappa shape index (κ1) is 35.8. The molecule has 3 aliphatic rings. The fraction of sp³-hybridized carbons (Fsp3) is 0.514. The van der Waals surface area contributed by atoms with E-state index in [0.29, 0.717) is 6.42 Å². The lowest BCUT2D eigenvalue weighted by Gasteiger charge is -2.50. The van der Waals surface area contributed by atoms with Gasteiger partial charge in [-0.05, 0) is 70.7 Å². The molecule has 12 heteroatoms. The van der Waals surface area contributed by atoms with Crippen molar-refractivity contribution in [1.82, 2.24) is 25.3 Å². The number of amides is 4. The van der Waals surface area contributed by atoms with E-state index in [2.05, 4.69) is 15.5 Å². The van der Waals surface area contributed by atoms with E-state index in [9.17, 15) is 23.6 Å². The fourth-order valence-electron chi connectivity index (χ4n) is 6.72. The summed E-state index contributed by atoms with van der Waals surface area (Å²) in [6, 6.07) is 14.6. The Balaban J connectivity index is 1.40. The summed E-state index contributed by atoms with van der Waals surface area (Å²) in [5, 5.41) is 5.44. The smallest absolute Gasteiger partial charge is 0.408 e. The number of benzene rings is 2. The van der Waals surface area contributed by atoms with Gasteiger partial charge in [-0.25, -0.2) is 9.18 Å². The highest BCUT2D eigenvalue weighted by molar-refractivity contribution is 5.95. The van der Waals surface area contributed by atoms with Crippen molar-refractivity contribution in [1.29, 1.82) is 0 Å². The Hall–Kier alpha value is -4.45. The van der Waals surface area contributed by atoms with Gasteiger partial charge in [0.05, 0.1) is 19.8 Å². The molecule has 0 aliphatic carbocycles. The van der Waals surface area contributed by atoms with Gasteiger partial charge in [0.1, 0.15) is 28.5 Å². The van der Waals surface area contributed by atoms with Crippen LogP contribution in [0.1, 0.15) is 58.6 Å². The Labute approximate surface area is 287 Å². The minimum absolute atomic E-state index is 0.109. The summed E-state index contributed by atoms with van der Waals surface area (Å²) in [5.74, 6) is -1.42. The zero-order valence-corrected chi connectivity index (χ0v) is 29.1. The molecule has 3 heterocycles. The van der Waals surface area contributed by atoms with Gasteiger partial charge in [0.2, 0.25) is 17.7 Å². The molecule has 0 radical (unpaired) electrons. The number of likely N-dealkylation sites (tertiary alicyclic amines) is 1. The van der Waals surface area contributed by atoms with Crippen LogP contribution in [0.4, 0.5) is 9.18 Å². The van der Waals surface area contributed by atoms with E-state index in [1.807, 2.05) is 35.2 Å². The zero-order chi connectivity index (χ0) is 35.4. The van der Waals surface area contributed by atoms with Crippen molar-refractivity contribution in [3.63, 3.8) is 0 Å². The molecule has 5 rings (SSSR count). The molecule has 2 aromatic rings. The number of hydrogen-bond acceptors (Lipinski definition) is 7. The van der Waals surface area contributed by atoms with Crippen LogP contribution < -0.4 is 10.6 Å². The third-order valence-corrected chi connectivity index (χ3v) is 9.11. The number of nitrogens with one attached hydrogen (secondary N) is 2. The van der Waals surface area contributed by atoms with Crippen molar-refractivity contribution < 1.29 is 33.0 Å². The highest BCUT2D eigenvalue weighted by atomic mass is 19.1. The first-order valence-corrected chi connectivity index (χ1v) is 16.9. The normalized spacial score (nSPS) is 20.1. The molecule has 2 atom stereocenters. The molecule has 0 aromatic heterocycles. The van der Waals surface area contributed by atoms with Gasteiger partial charge in [-0.2, -0.15) is 0 Å². The quantitative estimate of drug-likeness (QED) is 0.372. The molecule has 0 bridgehead atoms. The summed E-state index contributed by atoms with van der Waals surface area (Å²) < 4.78 is 25.3. The van der Waals surface area contributed by atoms with Crippen molar-refractivity contribution in [2.45, 2.75) is 83.2 Å². The predicted molar refractivity (Wildman–Crippen MR) is 181 cm³/mol. The fourth-order valence-corrected chi connectivity index (χ4v) is 6.72. The number of fused-ring (bicyclic) bond motifs is 1. The second-order valence-electron chi connectivity index (χ2n) is 14.6. The maximum absolute atomic E-state index is 14.5. The molecular formula is C37H48FN5O6. The van der Waals surface area contributed by atoms with Crippen LogP contribution in [-0.4, -0.2) is 101 Å². The number of piperazine rings is 1. The van der Waals surface area contributed by atoms with E-state index < -0.39 is 34.7 Å². The molecule has 2 saturated heterocycles. The molecule has 0 saturated carbocycles. The topological polar surface area (TPSA) is 121 Å². The van der Waals surface area contributed by atoms with Gasteiger partial charge in [-0.3, -0.25) is 14.4 Å². The molecule has 3 aliphatic heterocycles. The number of rotatable bonds is 11. The Morgan fingerprint density at radius 3 is 2.24 bits per heavy atom. The third kappa shape index (κ3) is 8.59. The molecule has 2 fully saturated rings. The maximum Gasteiger partial charge on any atom is 0.408 e. The van der Waals surface area contributed by atoms with Crippen LogP contribution in [0.2, 0.25) is 0 Å². The summed E-state index contributed by atoms with van der Waals surface area (Å²) in [5.41, 5.74) is -0.456. The lowest BCUT2D eigenvalue weighted by molar-refractivity contribution is -0.147. The summed E-state index contributed by atoms with van der Waals surface area (Å²) in [6.45, 7) is 10.7. The molecule has 2 N–H and O–H groups in total. The number of carbonyl (C=O) groups is 4. The molecule has 0 spiro atoms. The SMILES string of the molecule is CC(C)(C)OC(=O)NC(C)(C)C(=O)N[C@H](COCc1ccccc1)C(=O)N1CCN2C(=O)C=C(N3CCCC3)[C@]2(Cc2ccc(F)cc2)C1. The minimum Gasteiger partial charge on any atom is -0.444 e. The Morgan fingerprint density at radius 2 is 1.59 bits per heavy atom. The van der Waals surface area contributed by atoms with Gasteiger partial charge < -0.3 is 34.8 Å². The minimum atomic E-state index is -1.42. The van der Waals surface area contributed by atoms with Crippen LogP contribution in [0.25, 0.3) is 0 Å². The molecule has 49 heavy (non-hydrogen) atoms. The number of halogens is 1. The number of alkyl carbamates (subject to hydrolysis) is 1. The number of ether oxygens (including phenoxy) is 2. The van der Waals surface area contributed by atoms with Gasteiger partial charge >= 0.3 is 6.09 Å². The largest absolute Gasteiger partial charge is 0.444 e. The first-order chi connectivity index (χ1) is 23.2. The monoisotopic (exact) mass is 677 g/mol. The van der Waals surface area contributed by atoms with Crippen LogP contribution in [-0.2, 0) is 36.9 Å². The molecule has 0 unspecified atom stereocenters. The second-order valence-corrected chi connectivity index (χ2v) is 14.6. The van der Waals surface area contributed by atoms with Crippen molar-refractivity contribution in [2.24, 2.45) is 0 Å².